The van der Waals surface area contributed by atoms with Crippen molar-refractivity contribution in [3.05, 3.63) is 113 Å². The Morgan fingerprint density at radius 2 is 1.89 bits per heavy atom. The molecule has 2 aromatic carbocycles. The fourth-order valence-corrected chi connectivity index (χ4v) is 3.50. The number of amides is 2. The number of aryl methyl sites for hydroxylation is 1. The van der Waals surface area contributed by atoms with Crippen LogP contribution in [0.1, 0.15) is 32.7 Å². The van der Waals surface area contributed by atoms with E-state index in [0.29, 0.717) is 41.0 Å². The molecule has 0 bridgehead atoms. The lowest BCUT2D eigenvalue weighted by atomic mass is 9.99. The van der Waals surface area contributed by atoms with Crippen LogP contribution in [-0.4, -0.2) is 33.1 Å². The smallest absolute Gasteiger partial charge is 0.319 e. The summed E-state index contributed by atoms with van der Waals surface area (Å²) in [5.41, 5.74) is 3.63. The Kier molecular flexibility index (Phi) is 7.83. The average Bonchev–Trinajstić information content (AvgIpc) is 3.28. The second-order valence-electron chi connectivity index (χ2n) is 8.09. The molecule has 2 heterocycles. The summed E-state index contributed by atoms with van der Waals surface area (Å²) in [5, 5.41) is 9.86. The number of carbonyl (C=O) groups excluding carboxylic acids is 2. The van der Waals surface area contributed by atoms with Gasteiger partial charge in [-0.25, -0.2) is 9.18 Å². The first-order chi connectivity index (χ1) is 17.5. The summed E-state index contributed by atoms with van der Waals surface area (Å²) in [6.07, 6.45) is 6.00. The van der Waals surface area contributed by atoms with Crippen LogP contribution in [0.5, 0.6) is 0 Å². The molecule has 0 saturated carbocycles. The van der Waals surface area contributed by atoms with Gasteiger partial charge in [0.1, 0.15) is 5.82 Å². The standard InChI is InChI=1S/C28H24FN5O2/c1-34-16-13-25(33-34)18-27(35)26-11-10-24(17-22(26)7-4-20-5-8-23(29)9-6-20)32-28(36)31-15-12-21-3-2-14-30-19-21/h2-3,5-6,8-11,13-14,16-17,19H,12,15,18H2,1H3,(H2,31,32,36). The highest BCUT2D eigenvalue weighted by molar-refractivity contribution is 6.00. The molecule has 0 aliphatic carbocycles. The highest BCUT2D eigenvalue weighted by Gasteiger charge is 2.14. The van der Waals surface area contributed by atoms with Gasteiger partial charge >= 0.3 is 6.03 Å². The highest BCUT2D eigenvalue weighted by Crippen LogP contribution is 2.18. The number of urea groups is 1. The van der Waals surface area contributed by atoms with Crippen LogP contribution < -0.4 is 10.6 Å². The van der Waals surface area contributed by atoms with Gasteiger partial charge in [0, 0.05) is 54.6 Å². The van der Waals surface area contributed by atoms with Gasteiger partial charge in [0.05, 0.1) is 12.1 Å². The zero-order chi connectivity index (χ0) is 25.3. The summed E-state index contributed by atoms with van der Waals surface area (Å²) >= 11 is 0. The van der Waals surface area contributed by atoms with Gasteiger partial charge in [0.25, 0.3) is 0 Å². The van der Waals surface area contributed by atoms with E-state index in [1.165, 1.54) is 12.1 Å². The first-order valence-electron chi connectivity index (χ1n) is 11.3. The predicted octanol–water partition coefficient (Wildman–Crippen LogP) is 4.14. The van der Waals surface area contributed by atoms with Crippen molar-refractivity contribution >= 4 is 17.5 Å². The Morgan fingerprint density at radius 1 is 1.06 bits per heavy atom. The molecule has 0 aliphatic heterocycles. The minimum absolute atomic E-state index is 0.119. The van der Waals surface area contributed by atoms with Crippen molar-refractivity contribution in [2.45, 2.75) is 12.8 Å². The number of aromatic nitrogens is 3. The van der Waals surface area contributed by atoms with Crippen molar-refractivity contribution < 1.29 is 14.0 Å². The van der Waals surface area contributed by atoms with Crippen molar-refractivity contribution in [2.75, 3.05) is 11.9 Å². The number of nitrogens with one attached hydrogen (secondary N) is 2. The third kappa shape index (κ3) is 6.87. The maximum atomic E-state index is 13.2. The van der Waals surface area contributed by atoms with Gasteiger partial charge in [-0.05, 0) is 66.6 Å². The van der Waals surface area contributed by atoms with E-state index in [-0.39, 0.29) is 24.1 Å². The molecule has 0 atom stereocenters. The normalized spacial score (nSPS) is 10.3. The number of rotatable bonds is 7. The van der Waals surface area contributed by atoms with Crippen molar-refractivity contribution in [3.8, 4) is 11.8 Å². The maximum absolute atomic E-state index is 13.2. The van der Waals surface area contributed by atoms with E-state index in [9.17, 15) is 14.0 Å². The van der Waals surface area contributed by atoms with Crippen molar-refractivity contribution in [2.24, 2.45) is 7.05 Å². The lowest BCUT2D eigenvalue weighted by Gasteiger charge is -2.10. The molecular formula is C28H24FN5O2. The molecule has 0 saturated heterocycles. The molecule has 2 aromatic heterocycles. The Labute approximate surface area is 208 Å². The van der Waals surface area contributed by atoms with E-state index in [0.717, 1.165) is 5.56 Å². The van der Waals surface area contributed by atoms with Crippen LogP contribution in [0, 0.1) is 17.7 Å². The number of hydrogen-bond donors (Lipinski definition) is 2. The molecule has 0 unspecified atom stereocenters. The quantitative estimate of drug-likeness (QED) is 0.307. The van der Waals surface area contributed by atoms with Crippen molar-refractivity contribution in [1.29, 1.82) is 0 Å². The van der Waals surface area contributed by atoms with E-state index >= 15 is 0 Å². The van der Waals surface area contributed by atoms with E-state index in [4.69, 9.17) is 0 Å². The summed E-state index contributed by atoms with van der Waals surface area (Å²) in [6, 6.07) is 15.9. The van der Waals surface area contributed by atoms with E-state index in [2.05, 4.69) is 32.6 Å². The summed E-state index contributed by atoms with van der Waals surface area (Å²) < 4.78 is 14.9. The number of pyridine rings is 1. The van der Waals surface area contributed by atoms with Gasteiger partial charge in [-0.3, -0.25) is 14.5 Å². The van der Waals surface area contributed by atoms with Crippen LogP contribution in [0.2, 0.25) is 0 Å². The number of ketones is 1. The summed E-state index contributed by atoms with van der Waals surface area (Å²) in [6.45, 7) is 0.440. The Bertz CT molecular complexity index is 1420. The lowest BCUT2D eigenvalue weighted by molar-refractivity contribution is 0.0991. The van der Waals surface area contributed by atoms with E-state index in [1.807, 2.05) is 12.1 Å². The van der Waals surface area contributed by atoms with Crippen LogP contribution in [0.3, 0.4) is 0 Å². The molecule has 0 spiro atoms. The largest absolute Gasteiger partial charge is 0.338 e. The molecule has 2 N–H and O–H groups in total. The maximum Gasteiger partial charge on any atom is 0.319 e. The zero-order valence-electron chi connectivity index (χ0n) is 19.7. The molecule has 0 fully saturated rings. The number of hydrogen-bond acceptors (Lipinski definition) is 4. The average molecular weight is 482 g/mol. The van der Waals surface area contributed by atoms with E-state index < -0.39 is 0 Å². The van der Waals surface area contributed by atoms with Gasteiger partial charge < -0.3 is 10.6 Å². The number of carbonyl (C=O) groups is 2. The second kappa shape index (κ2) is 11.6. The molecule has 4 rings (SSSR count). The summed E-state index contributed by atoms with van der Waals surface area (Å²) in [7, 11) is 1.79. The fourth-order valence-electron chi connectivity index (χ4n) is 3.50. The Balaban J connectivity index is 1.50. The van der Waals surface area contributed by atoms with Gasteiger partial charge in [-0.1, -0.05) is 17.9 Å². The van der Waals surface area contributed by atoms with Crippen LogP contribution in [0.4, 0.5) is 14.9 Å². The Morgan fingerprint density at radius 3 is 2.61 bits per heavy atom. The minimum Gasteiger partial charge on any atom is -0.338 e. The number of halogens is 1. The van der Waals surface area contributed by atoms with Crippen molar-refractivity contribution in [3.63, 3.8) is 0 Å². The van der Waals surface area contributed by atoms with Crippen LogP contribution in [0.15, 0.2) is 79.3 Å². The van der Waals surface area contributed by atoms with Crippen LogP contribution in [-0.2, 0) is 19.9 Å². The molecule has 4 aromatic rings. The molecule has 0 aliphatic rings. The number of benzene rings is 2. The third-order valence-corrected chi connectivity index (χ3v) is 5.30. The molecule has 36 heavy (non-hydrogen) atoms. The molecular weight excluding hydrogens is 457 g/mol. The number of Topliss-reactive ketones (excluding diaryl/α,β-unsaturated/α-hetero) is 1. The summed E-state index contributed by atoms with van der Waals surface area (Å²) in [5.74, 6) is 5.46. The predicted molar refractivity (Wildman–Crippen MR) is 135 cm³/mol. The number of anilines is 1. The molecule has 7 nitrogen and oxygen atoms in total. The number of nitrogens with zero attached hydrogens (tertiary/aromatic N) is 3. The first kappa shape index (κ1) is 24.4. The zero-order valence-corrected chi connectivity index (χ0v) is 19.7. The highest BCUT2D eigenvalue weighted by atomic mass is 19.1. The Hall–Kier alpha value is -4.77. The third-order valence-electron chi connectivity index (χ3n) is 5.30. The topological polar surface area (TPSA) is 88.9 Å². The molecule has 2 amide bonds. The lowest BCUT2D eigenvalue weighted by Crippen LogP contribution is -2.30. The van der Waals surface area contributed by atoms with Gasteiger partial charge in [-0.2, -0.15) is 5.10 Å². The van der Waals surface area contributed by atoms with Crippen LogP contribution in [0.25, 0.3) is 0 Å². The SMILES string of the molecule is Cn1ccc(CC(=O)c2ccc(NC(=O)NCCc3cccnc3)cc2C#Cc2ccc(F)cc2)n1. The molecule has 0 radical (unpaired) electrons. The molecule has 180 valence electrons. The van der Waals surface area contributed by atoms with Gasteiger partial charge in [0.15, 0.2) is 5.78 Å². The minimum atomic E-state index is -0.371. The summed E-state index contributed by atoms with van der Waals surface area (Å²) in [4.78, 5) is 29.5. The fraction of sp³-hybridized carbons (Fsp3) is 0.143. The molecule has 8 heteroatoms. The van der Waals surface area contributed by atoms with E-state index in [1.54, 1.807) is 66.7 Å². The monoisotopic (exact) mass is 481 g/mol. The second-order valence-corrected chi connectivity index (χ2v) is 8.09. The first-order valence-corrected chi connectivity index (χ1v) is 11.3. The van der Waals surface area contributed by atoms with Gasteiger partial charge in [-0.15, -0.1) is 0 Å². The van der Waals surface area contributed by atoms with Crippen molar-refractivity contribution in [1.82, 2.24) is 20.1 Å². The van der Waals surface area contributed by atoms with Gasteiger partial charge in [0.2, 0.25) is 0 Å². The van der Waals surface area contributed by atoms with Crippen LogP contribution >= 0.6 is 0 Å².